The van der Waals surface area contributed by atoms with Gasteiger partial charge in [0.1, 0.15) is 12.4 Å². The van der Waals surface area contributed by atoms with Crippen LogP contribution in [0.5, 0.6) is 11.6 Å². The minimum atomic E-state index is 0.340. The predicted molar refractivity (Wildman–Crippen MR) is 85.2 cm³/mol. The molecule has 0 aliphatic rings. The van der Waals surface area contributed by atoms with E-state index in [4.69, 9.17) is 21.1 Å². The molecule has 1 heterocycles. The summed E-state index contributed by atoms with van der Waals surface area (Å²) in [6, 6.07) is 11.7. The molecule has 0 radical (unpaired) electrons. The minimum Gasteiger partial charge on any atom is -0.497 e. The summed E-state index contributed by atoms with van der Waals surface area (Å²) < 4.78 is 11.0. The van der Waals surface area contributed by atoms with Crippen LogP contribution in [0.25, 0.3) is 0 Å². The molecule has 1 aromatic heterocycles. The van der Waals surface area contributed by atoms with Crippen molar-refractivity contribution in [1.29, 1.82) is 0 Å². The molecular weight excluding hydrogens is 286 g/mol. The molecule has 2 rings (SSSR count). The van der Waals surface area contributed by atoms with Crippen LogP contribution in [0.15, 0.2) is 36.4 Å². The summed E-state index contributed by atoms with van der Waals surface area (Å²) >= 11 is 5.93. The fourth-order valence-corrected chi connectivity index (χ4v) is 2.10. The maximum atomic E-state index is 5.93. The van der Waals surface area contributed by atoms with E-state index in [0.29, 0.717) is 24.3 Å². The van der Waals surface area contributed by atoms with E-state index in [-0.39, 0.29) is 0 Å². The Morgan fingerprint density at radius 3 is 2.62 bits per heavy atom. The van der Waals surface area contributed by atoms with Gasteiger partial charge in [-0.1, -0.05) is 26.0 Å². The first-order chi connectivity index (χ1) is 10.1. The second-order valence-corrected chi connectivity index (χ2v) is 5.43. The third-order valence-corrected chi connectivity index (χ3v) is 3.46. The number of halogens is 1. The number of benzene rings is 1. The first-order valence-electron chi connectivity index (χ1n) is 6.95. The summed E-state index contributed by atoms with van der Waals surface area (Å²) in [5.41, 5.74) is 3.06. The van der Waals surface area contributed by atoms with Crippen molar-refractivity contribution < 1.29 is 9.47 Å². The Morgan fingerprint density at radius 1 is 1.14 bits per heavy atom. The molecule has 0 amide bonds. The van der Waals surface area contributed by atoms with Gasteiger partial charge in [0, 0.05) is 17.6 Å². The highest BCUT2D eigenvalue weighted by Gasteiger charge is 2.07. The highest BCUT2D eigenvalue weighted by Crippen LogP contribution is 2.21. The molecule has 112 valence electrons. The van der Waals surface area contributed by atoms with Crippen LogP contribution in [0, 0.1) is 0 Å². The van der Waals surface area contributed by atoms with Crippen LogP contribution in [-0.2, 0) is 12.5 Å². The molecular formula is C17H20ClNO2. The number of methoxy groups -OCH3 is 1. The maximum absolute atomic E-state index is 5.93. The van der Waals surface area contributed by atoms with Gasteiger partial charge in [-0.2, -0.15) is 0 Å². The largest absolute Gasteiger partial charge is 0.497 e. The molecule has 0 atom stereocenters. The van der Waals surface area contributed by atoms with Gasteiger partial charge in [-0.25, -0.2) is 4.98 Å². The average Bonchev–Trinajstić information content (AvgIpc) is 2.52. The molecule has 0 saturated heterocycles. The van der Waals surface area contributed by atoms with E-state index in [1.54, 1.807) is 7.11 Å². The summed E-state index contributed by atoms with van der Waals surface area (Å²) in [6.45, 7) is 4.66. The quantitative estimate of drug-likeness (QED) is 0.735. The van der Waals surface area contributed by atoms with Gasteiger partial charge < -0.3 is 9.47 Å². The first kappa shape index (κ1) is 15.6. The topological polar surface area (TPSA) is 31.4 Å². The first-order valence-corrected chi connectivity index (χ1v) is 7.48. The number of ether oxygens (including phenoxy) is 2. The van der Waals surface area contributed by atoms with Crippen LogP contribution >= 0.6 is 11.6 Å². The second kappa shape index (κ2) is 7.32. The Labute approximate surface area is 130 Å². The highest BCUT2D eigenvalue weighted by molar-refractivity contribution is 6.17. The van der Waals surface area contributed by atoms with Gasteiger partial charge >= 0.3 is 0 Å². The van der Waals surface area contributed by atoms with Gasteiger partial charge in [-0.05, 0) is 35.2 Å². The van der Waals surface area contributed by atoms with Gasteiger partial charge in [-0.15, -0.1) is 11.6 Å². The number of aromatic nitrogens is 1. The lowest BCUT2D eigenvalue weighted by molar-refractivity contribution is 0.291. The van der Waals surface area contributed by atoms with Gasteiger partial charge in [0.2, 0.25) is 5.88 Å². The maximum Gasteiger partial charge on any atom is 0.214 e. The summed E-state index contributed by atoms with van der Waals surface area (Å²) in [5, 5.41) is 0. The third-order valence-electron chi connectivity index (χ3n) is 3.15. The van der Waals surface area contributed by atoms with E-state index in [2.05, 4.69) is 18.8 Å². The number of hydrogen-bond acceptors (Lipinski definition) is 3. The Bertz CT molecular complexity index is 599. The lowest BCUT2D eigenvalue weighted by Gasteiger charge is -2.11. The number of alkyl halides is 1. The zero-order chi connectivity index (χ0) is 15.2. The zero-order valence-corrected chi connectivity index (χ0v) is 13.4. The number of rotatable bonds is 6. The van der Waals surface area contributed by atoms with Crippen molar-refractivity contribution >= 4 is 11.6 Å². The second-order valence-electron chi connectivity index (χ2n) is 5.17. The Hall–Kier alpha value is -1.74. The van der Waals surface area contributed by atoms with E-state index in [9.17, 15) is 0 Å². The Kier molecular flexibility index (Phi) is 5.45. The van der Waals surface area contributed by atoms with E-state index in [1.807, 2.05) is 36.4 Å². The van der Waals surface area contributed by atoms with Crippen LogP contribution in [0.2, 0.25) is 0 Å². The van der Waals surface area contributed by atoms with Gasteiger partial charge in [0.25, 0.3) is 0 Å². The van der Waals surface area contributed by atoms with Crippen LogP contribution in [0.3, 0.4) is 0 Å². The van der Waals surface area contributed by atoms with Gasteiger partial charge in [0.15, 0.2) is 0 Å². The monoisotopic (exact) mass is 305 g/mol. The average molecular weight is 306 g/mol. The molecule has 0 N–H and O–H groups in total. The molecule has 0 aliphatic carbocycles. The Balaban J connectivity index is 2.13. The molecule has 0 aliphatic heterocycles. The van der Waals surface area contributed by atoms with Crippen molar-refractivity contribution in [2.75, 3.05) is 7.11 Å². The molecule has 3 nitrogen and oxygen atoms in total. The molecule has 4 heteroatoms. The van der Waals surface area contributed by atoms with Gasteiger partial charge in [-0.3, -0.25) is 0 Å². The van der Waals surface area contributed by atoms with Crippen LogP contribution < -0.4 is 9.47 Å². The van der Waals surface area contributed by atoms with Crippen LogP contribution in [-0.4, -0.2) is 12.1 Å². The Morgan fingerprint density at radius 2 is 1.95 bits per heavy atom. The van der Waals surface area contributed by atoms with E-state index in [0.717, 1.165) is 22.6 Å². The minimum absolute atomic E-state index is 0.340. The lowest BCUT2D eigenvalue weighted by atomic mass is 10.1. The van der Waals surface area contributed by atoms with E-state index >= 15 is 0 Å². The molecule has 0 spiro atoms. The van der Waals surface area contributed by atoms with Crippen molar-refractivity contribution in [2.24, 2.45) is 0 Å². The molecule has 2 aromatic rings. The summed E-state index contributed by atoms with van der Waals surface area (Å²) in [6.07, 6.45) is 0. The molecule has 21 heavy (non-hydrogen) atoms. The van der Waals surface area contributed by atoms with E-state index < -0.39 is 0 Å². The molecule has 0 fully saturated rings. The van der Waals surface area contributed by atoms with Crippen molar-refractivity contribution in [3.8, 4) is 11.6 Å². The fraction of sp³-hybridized carbons (Fsp3) is 0.353. The van der Waals surface area contributed by atoms with E-state index in [1.165, 1.54) is 0 Å². The van der Waals surface area contributed by atoms with Crippen molar-refractivity contribution in [3.05, 3.63) is 53.2 Å². The number of hydrogen-bond donors (Lipinski definition) is 0. The SMILES string of the molecule is COc1cccc(COc2cc(CCl)cc(C(C)C)n2)c1. The van der Waals surface area contributed by atoms with Crippen LogP contribution in [0.4, 0.5) is 0 Å². The lowest BCUT2D eigenvalue weighted by Crippen LogP contribution is -2.02. The molecule has 0 bridgehead atoms. The molecule has 1 aromatic carbocycles. The smallest absolute Gasteiger partial charge is 0.214 e. The van der Waals surface area contributed by atoms with Crippen molar-refractivity contribution in [1.82, 2.24) is 4.98 Å². The number of pyridine rings is 1. The summed E-state index contributed by atoms with van der Waals surface area (Å²) in [5.74, 6) is 2.23. The fourth-order valence-electron chi connectivity index (χ4n) is 1.95. The zero-order valence-electron chi connectivity index (χ0n) is 12.6. The van der Waals surface area contributed by atoms with Crippen molar-refractivity contribution in [2.45, 2.75) is 32.3 Å². The van der Waals surface area contributed by atoms with Crippen LogP contribution in [0.1, 0.15) is 36.6 Å². The molecule has 0 unspecified atom stereocenters. The normalized spacial score (nSPS) is 10.7. The number of nitrogens with zero attached hydrogens (tertiary/aromatic N) is 1. The summed E-state index contributed by atoms with van der Waals surface area (Å²) in [4.78, 5) is 4.53. The van der Waals surface area contributed by atoms with Crippen molar-refractivity contribution in [3.63, 3.8) is 0 Å². The standard InChI is InChI=1S/C17H20ClNO2/c1-12(2)16-8-14(10-18)9-17(19-16)21-11-13-5-4-6-15(7-13)20-3/h4-9,12H,10-11H2,1-3H3. The summed E-state index contributed by atoms with van der Waals surface area (Å²) in [7, 11) is 1.65. The highest BCUT2D eigenvalue weighted by atomic mass is 35.5. The molecule has 0 saturated carbocycles. The van der Waals surface area contributed by atoms with Gasteiger partial charge in [0.05, 0.1) is 7.11 Å². The third kappa shape index (κ3) is 4.36. The predicted octanol–water partition coefficient (Wildman–Crippen LogP) is 4.53.